The molecule has 0 aliphatic heterocycles. The quantitative estimate of drug-likeness (QED) is 0.438. The summed E-state index contributed by atoms with van der Waals surface area (Å²) in [6, 6.07) is 0. The number of nitrogens with two attached hydrogens (primary N) is 1. The van der Waals surface area contributed by atoms with Crippen molar-refractivity contribution in [2.75, 3.05) is 25.2 Å². The SMILES string of the molecule is CNC(CSCC(O)CO)(C(N)=O)C1CC1. The number of carbonyl (C=O) groups is 1. The Hall–Kier alpha value is -0.300. The van der Waals surface area contributed by atoms with E-state index in [4.69, 9.17) is 10.8 Å². The predicted octanol–water partition coefficient (Wildman–Crippen LogP) is -1.07. The van der Waals surface area contributed by atoms with E-state index in [-0.39, 0.29) is 12.5 Å². The number of hydrogen-bond acceptors (Lipinski definition) is 5. The van der Waals surface area contributed by atoms with Gasteiger partial charge in [0.1, 0.15) is 5.54 Å². The Labute approximate surface area is 99.8 Å². The monoisotopic (exact) mass is 248 g/mol. The topological polar surface area (TPSA) is 95.6 Å². The first-order chi connectivity index (χ1) is 7.56. The van der Waals surface area contributed by atoms with Gasteiger partial charge in [-0.25, -0.2) is 0 Å². The number of amides is 1. The van der Waals surface area contributed by atoms with E-state index in [2.05, 4.69) is 5.32 Å². The van der Waals surface area contributed by atoms with Gasteiger partial charge in [0.25, 0.3) is 0 Å². The molecule has 1 saturated carbocycles. The average molecular weight is 248 g/mol. The highest BCUT2D eigenvalue weighted by molar-refractivity contribution is 7.99. The van der Waals surface area contributed by atoms with Gasteiger partial charge >= 0.3 is 0 Å². The van der Waals surface area contributed by atoms with Crippen LogP contribution >= 0.6 is 11.8 Å². The van der Waals surface area contributed by atoms with E-state index in [0.29, 0.717) is 17.4 Å². The molecule has 5 nitrogen and oxygen atoms in total. The fourth-order valence-corrected chi connectivity index (χ4v) is 3.11. The number of primary amides is 1. The molecule has 6 heteroatoms. The highest BCUT2D eigenvalue weighted by Gasteiger charge is 2.48. The summed E-state index contributed by atoms with van der Waals surface area (Å²) in [5, 5.41) is 20.9. The fourth-order valence-electron chi connectivity index (χ4n) is 1.77. The summed E-state index contributed by atoms with van der Waals surface area (Å²) in [6.45, 7) is -0.250. The molecule has 1 amide bonds. The Kier molecular flexibility index (Phi) is 5.04. The van der Waals surface area contributed by atoms with Crippen molar-refractivity contribution in [3.05, 3.63) is 0 Å². The van der Waals surface area contributed by atoms with Gasteiger partial charge in [0, 0.05) is 11.5 Å². The summed E-state index contributed by atoms with van der Waals surface area (Å²) in [5.41, 5.74) is 4.79. The zero-order valence-corrected chi connectivity index (χ0v) is 10.3. The zero-order valence-electron chi connectivity index (χ0n) is 9.48. The Balaban J connectivity index is 2.47. The van der Waals surface area contributed by atoms with Gasteiger partial charge in [0.15, 0.2) is 0 Å². The molecule has 1 aliphatic carbocycles. The van der Waals surface area contributed by atoms with E-state index in [0.717, 1.165) is 12.8 Å². The standard InChI is InChI=1S/C10H20N2O3S/c1-12-10(9(11)15,7-2-3-7)6-16-5-8(14)4-13/h7-8,12-14H,2-6H2,1H3,(H2,11,15). The number of thioether (sulfide) groups is 1. The third-order valence-electron chi connectivity index (χ3n) is 3.01. The second-order valence-corrected chi connectivity index (χ2v) is 5.24. The molecule has 5 N–H and O–H groups in total. The molecule has 0 radical (unpaired) electrons. The van der Waals surface area contributed by atoms with Crippen LogP contribution in [0.15, 0.2) is 0 Å². The fraction of sp³-hybridized carbons (Fsp3) is 0.900. The van der Waals surface area contributed by atoms with Crippen LogP contribution in [0.1, 0.15) is 12.8 Å². The van der Waals surface area contributed by atoms with Crippen LogP contribution in [0.3, 0.4) is 0 Å². The summed E-state index contributed by atoms with van der Waals surface area (Å²) in [6.07, 6.45) is 1.31. The maximum absolute atomic E-state index is 11.5. The highest BCUT2D eigenvalue weighted by atomic mass is 32.2. The summed E-state index contributed by atoms with van der Waals surface area (Å²) < 4.78 is 0. The molecule has 1 rings (SSSR count). The third-order valence-corrected chi connectivity index (χ3v) is 4.29. The summed E-state index contributed by atoms with van der Waals surface area (Å²) >= 11 is 1.44. The van der Waals surface area contributed by atoms with Crippen LogP contribution in [-0.2, 0) is 4.79 Å². The smallest absolute Gasteiger partial charge is 0.238 e. The highest BCUT2D eigenvalue weighted by Crippen LogP contribution is 2.41. The van der Waals surface area contributed by atoms with Gasteiger partial charge in [-0.3, -0.25) is 4.79 Å². The second-order valence-electron chi connectivity index (χ2n) is 4.21. The minimum Gasteiger partial charge on any atom is -0.394 e. The first-order valence-electron chi connectivity index (χ1n) is 5.42. The summed E-state index contributed by atoms with van der Waals surface area (Å²) in [5.74, 6) is 0.942. The molecule has 2 atom stereocenters. The van der Waals surface area contributed by atoms with Crippen molar-refractivity contribution in [1.82, 2.24) is 5.32 Å². The second kappa shape index (κ2) is 5.86. The third kappa shape index (κ3) is 3.10. The van der Waals surface area contributed by atoms with Crippen LogP contribution in [0.5, 0.6) is 0 Å². The molecule has 0 aromatic carbocycles. The van der Waals surface area contributed by atoms with Crippen molar-refractivity contribution >= 4 is 17.7 Å². The normalized spacial score (nSPS) is 21.4. The van der Waals surface area contributed by atoms with Crippen molar-refractivity contribution in [2.45, 2.75) is 24.5 Å². The lowest BCUT2D eigenvalue weighted by Crippen LogP contribution is -2.58. The molecular weight excluding hydrogens is 228 g/mol. The van der Waals surface area contributed by atoms with Crippen molar-refractivity contribution < 1.29 is 15.0 Å². The number of carbonyl (C=O) groups excluding carboxylic acids is 1. The zero-order chi connectivity index (χ0) is 12.2. The minimum atomic E-state index is -0.730. The van der Waals surface area contributed by atoms with Gasteiger partial charge < -0.3 is 21.3 Å². The molecule has 1 aliphatic rings. The number of rotatable bonds is 8. The molecule has 0 spiro atoms. The largest absolute Gasteiger partial charge is 0.394 e. The summed E-state index contributed by atoms with van der Waals surface area (Å²) in [4.78, 5) is 11.5. The van der Waals surface area contributed by atoms with Crippen LogP contribution in [0, 0.1) is 5.92 Å². The van der Waals surface area contributed by atoms with E-state index >= 15 is 0 Å². The van der Waals surface area contributed by atoms with Gasteiger partial charge in [-0.05, 0) is 25.8 Å². The Bertz CT molecular complexity index is 248. The molecule has 1 fully saturated rings. The number of nitrogens with one attached hydrogen (secondary N) is 1. The van der Waals surface area contributed by atoms with Crippen molar-refractivity contribution in [1.29, 1.82) is 0 Å². The van der Waals surface area contributed by atoms with Gasteiger partial charge in [-0.2, -0.15) is 11.8 Å². The molecule has 0 saturated heterocycles. The van der Waals surface area contributed by atoms with Crippen molar-refractivity contribution in [2.24, 2.45) is 11.7 Å². The van der Waals surface area contributed by atoms with Gasteiger partial charge in [0.05, 0.1) is 12.7 Å². The Morgan fingerprint density at radius 3 is 2.69 bits per heavy atom. The van der Waals surface area contributed by atoms with E-state index < -0.39 is 11.6 Å². The number of aliphatic hydroxyl groups excluding tert-OH is 2. The predicted molar refractivity (Wildman–Crippen MR) is 64.1 cm³/mol. The first-order valence-corrected chi connectivity index (χ1v) is 6.57. The lowest BCUT2D eigenvalue weighted by molar-refractivity contribution is -0.124. The lowest BCUT2D eigenvalue weighted by atomic mass is 9.95. The van der Waals surface area contributed by atoms with E-state index in [1.54, 1.807) is 7.05 Å². The maximum atomic E-state index is 11.5. The molecule has 0 aromatic heterocycles. The molecule has 2 unspecified atom stereocenters. The van der Waals surface area contributed by atoms with Gasteiger partial charge in [-0.15, -0.1) is 0 Å². The Morgan fingerprint density at radius 2 is 2.31 bits per heavy atom. The molecule has 0 bridgehead atoms. The molecular formula is C10H20N2O3S. The molecule has 94 valence electrons. The lowest BCUT2D eigenvalue weighted by Gasteiger charge is -2.30. The maximum Gasteiger partial charge on any atom is 0.238 e. The Morgan fingerprint density at radius 1 is 1.69 bits per heavy atom. The van der Waals surface area contributed by atoms with Gasteiger partial charge in [0.2, 0.25) is 5.91 Å². The molecule has 16 heavy (non-hydrogen) atoms. The van der Waals surface area contributed by atoms with Crippen molar-refractivity contribution in [3.8, 4) is 0 Å². The van der Waals surface area contributed by atoms with Crippen LogP contribution in [0.25, 0.3) is 0 Å². The van der Waals surface area contributed by atoms with E-state index in [1.165, 1.54) is 11.8 Å². The van der Waals surface area contributed by atoms with Crippen LogP contribution < -0.4 is 11.1 Å². The number of hydrogen-bond donors (Lipinski definition) is 4. The average Bonchev–Trinajstić information content (AvgIpc) is 3.08. The van der Waals surface area contributed by atoms with Crippen molar-refractivity contribution in [3.63, 3.8) is 0 Å². The number of aliphatic hydroxyl groups is 2. The summed E-state index contributed by atoms with van der Waals surface area (Å²) in [7, 11) is 1.74. The molecule has 0 heterocycles. The van der Waals surface area contributed by atoms with Gasteiger partial charge in [-0.1, -0.05) is 0 Å². The first kappa shape index (κ1) is 13.8. The minimum absolute atomic E-state index is 0.250. The number of likely N-dealkylation sites (N-methyl/N-ethyl adjacent to an activating group) is 1. The van der Waals surface area contributed by atoms with Crippen LogP contribution in [0.2, 0.25) is 0 Å². The van der Waals surface area contributed by atoms with E-state index in [9.17, 15) is 9.90 Å². The van der Waals surface area contributed by atoms with Crippen LogP contribution in [-0.4, -0.2) is 52.9 Å². The molecule has 0 aromatic rings. The van der Waals surface area contributed by atoms with E-state index in [1.807, 2.05) is 0 Å². The van der Waals surface area contributed by atoms with Crippen LogP contribution in [0.4, 0.5) is 0 Å².